The molecule has 0 N–H and O–H groups in total. The molecule has 5 rings (SSSR count). The van der Waals surface area contributed by atoms with Gasteiger partial charge in [0.15, 0.2) is 5.78 Å². The number of likely N-dealkylation sites (tertiary alicyclic amines) is 1. The molecule has 0 radical (unpaired) electrons. The predicted molar refractivity (Wildman–Crippen MR) is 122 cm³/mol. The summed E-state index contributed by atoms with van der Waals surface area (Å²) in [6.07, 6.45) is 2.98. The number of benzene rings is 3. The quantitative estimate of drug-likeness (QED) is 0.574. The van der Waals surface area contributed by atoms with Crippen LogP contribution in [0.3, 0.4) is 0 Å². The number of hydrogen-bond donors (Lipinski definition) is 0. The molecule has 30 heavy (non-hydrogen) atoms. The largest absolute Gasteiger partial charge is 0.299 e. The fourth-order valence-electron chi connectivity index (χ4n) is 5.70. The van der Waals surface area contributed by atoms with Gasteiger partial charge in [-0.2, -0.15) is 0 Å². The van der Waals surface area contributed by atoms with Crippen molar-refractivity contribution in [2.24, 2.45) is 5.92 Å². The van der Waals surface area contributed by atoms with E-state index in [9.17, 15) is 4.79 Å². The number of hydrogen-bond acceptors (Lipinski definition) is 2. The van der Waals surface area contributed by atoms with Crippen LogP contribution in [-0.2, 0) is 18.4 Å². The number of carbonyl (C=O) groups excluding carboxylic acids is 1. The van der Waals surface area contributed by atoms with E-state index in [0.717, 1.165) is 44.5 Å². The molecule has 1 atom stereocenters. The van der Waals surface area contributed by atoms with Gasteiger partial charge in [0.1, 0.15) is 0 Å². The Bertz CT molecular complexity index is 1050. The van der Waals surface area contributed by atoms with E-state index in [0.29, 0.717) is 11.7 Å². The van der Waals surface area contributed by atoms with Crippen molar-refractivity contribution in [1.29, 1.82) is 0 Å². The topological polar surface area (TPSA) is 20.3 Å². The fraction of sp³-hybridized carbons (Fsp3) is 0.321. The van der Waals surface area contributed by atoms with Crippen molar-refractivity contribution in [3.8, 4) is 0 Å². The summed E-state index contributed by atoms with van der Waals surface area (Å²) >= 11 is 0. The SMILES string of the molecule is Cc1cccc(CN2CCC(C3(c4ccccc4)Cc4ccccc4C3=O)CC2)c1. The summed E-state index contributed by atoms with van der Waals surface area (Å²) in [4.78, 5) is 16.4. The number of rotatable bonds is 4. The van der Waals surface area contributed by atoms with Gasteiger partial charge < -0.3 is 0 Å². The molecule has 152 valence electrons. The summed E-state index contributed by atoms with van der Waals surface area (Å²) in [5, 5.41) is 0. The van der Waals surface area contributed by atoms with Crippen molar-refractivity contribution in [2.45, 2.75) is 38.1 Å². The molecule has 2 heteroatoms. The van der Waals surface area contributed by atoms with Crippen molar-refractivity contribution >= 4 is 5.78 Å². The minimum absolute atomic E-state index is 0.335. The maximum Gasteiger partial charge on any atom is 0.174 e. The van der Waals surface area contributed by atoms with Crippen molar-refractivity contribution in [1.82, 2.24) is 4.90 Å². The number of piperidine rings is 1. The molecule has 0 saturated carbocycles. The van der Waals surface area contributed by atoms with Crippen LogP contribution in [-0.4, -0.2) is 23.8 Å². The molecule has 3 aromatic carbocycles. The molecule has 0 amide bonds. The minimum atomic E-state index is -0.402. The van der Waals surface area contributed by atoms with Gasteiger partial charge in [0.05, 0.1) is 5.41 Å². The highest BCUT2D eigenvalue weighted by atomic mass is 16.1. The first-order chi connectivity index (χ1) is 14.7. The summed E-state index contributed by atoms with van der Waals surface area (Å²) in [7, 11) is 0. The molecule has 1 aliphatic carbocycles. The lowest BCUT2D eigenvalue weighted by atomic mass is 9.64. The number of Topliss-reactive ketones (excluding diaryl/α,β-unsaturated/α-hetero) is 1. The van der Waals surface area contributed by atoms with E-state index in [1.807, 2.05) is 18.2 Å². The zero-order valence-electron chi connectivity index (χ0n) is 17.7. The standard InChI is InChI=1S/C28H29NO/c1-21-8-7-9-22(18-21)20-29-16-14-25(15-17-29)28(24-11-3-2-4-12-24)19-23-10-5-6-13-26(23)27(28)30/h2-13,18,25H,14-17,19-20H2,1H3. The lowest BCUT2D eigenvalue weighted by Crippen LogP contribution is -2.47. The minimum Gasteiger partial charge on any atom is -0.299 e. The van der Waals surface area contributed by atoms with Crippen LogP contribution in [0.25, 0.3) is 0 Å². The van der Waals surface area contributed by atoms with Crippen molar-refractivity contribution in [3.63, 3.8) is 0 Å². The lowest BCUT2D eigenvalue weighted by molar-refractivity contribution is 0.0735. The van der Waals surface area contributed by atoms with Gasteiger partial charge in [-0.1, -0.05) is 84.4 Å². The Hall–Kier alpha value is -2.71. The number of aryl methyl sites for hydroxylation is 1. The number of fused-ring (bicyclic) bond motifs is 1. The van der Waals surface area contributed by atoms with Crippen molar-refractivity contribution < 1.29 is 4.79 Å². The van der Waals surface area contributed by atoms with Gasteiger partial charge in [-0.15, -0.1) is 0 Å². The molecule has 2 aliphatic rings. The maximum atomic E-state index is 13.8. The van der Waals surface area contributed by atoms with Crippen LogP contribution in [0.1, 0.15) is 45.5 Å². The van der Waals surface area contributed by atoms with Crippen LogP contribution in [0.4, 0.5) is 0 Å². The van der Waals surface area contributed by atoms with Crippen LogP contribution in [0.2, 0.25) is 0 Å². The Balaban J connectivity index is 1.40. The number of nitrogens with zero attached hydrogens (tertiary/aromatic N) is 1. The molecule has 2 nitrogen and oxygen atoms in total. The van der Waals surface area contributed by atoms with Gasteiger partial charge in [0.25, 0.3) is 0 Å². The summed E-state index contributed by atoms with van der Waals surface area (Å²) in [6.45, 7) is 5.26. The van der Waals surface area contributed by atoms with Crippen molar-refractivity contribution in [2.75, 3.05) is 13.1 Å². The van der Waals surface area contributed by atoms with Gasteiger partial charge in [-0.05, 0) is 61.9 Å². The summed E-state index contributed by atoms with van der Waals surface area (Å²) in [5.74, 6) is 0.718. The second kappa shape index (κ2) is 7.85. The molecule has 0 bridgehead atoms. The lowest BCUT2D eigenvalue weighted by Gasteiger charge is -2.42. The first-order valence-electron chi connectivity index (χ1n) is 11.1. The molecule has 1 saturated heterocycles. The van der Waals surface area contributed by atoms with E-state index in [1.165, 1.54) is 22.3 Å². The Morgan fingerprint density at radius 1 is 0.900 bits per heavy atom. The zero-order valence-corrected chi connectivity index (χ0v) is 17.7. The Labute approximate surface area is 179 Å². The summed E-state index contributed by atoms with van der Waals surface area (Å²) < 4.78 is 0. The van der Waals surface area contributed by atoms with Gasteiger partial charge in [-0.3, -0.25) is 9.69 Å². The second-order valence-corrected chi connectivity index (χ2v) is 9.04. The van der Waals surface area contributed by atoms with Crippen LogP contribution >= 0.6 is 0 Å². The Morgan fingerprint density at radius 3 is 2.37 bits per heavy atom. The second-order valence-electron chi connectivity index (χ2n) is 9.04. The monoisotopic (exact) mass is 395 g/mol. The zero-order chi connectivity index (χ0) is 20.6. The average molecular weight is 396 g/mol. The van der Waals surface area contributed by atoms with E-state index < -0.39 is 5.41 Å². The molecule has 1 unspecified atom stereocenters. The van der Waals surface area contributed by atoms with Crippen LogP contribution in [0, 0.1) is 12.8 Å². The van der Waals surface area contributed by atoms with E-state index in [-0.39, 0.29) is 0 Å². The average Bonchev–Trinajstić information content (AvgIpc) is 3.09. The van der Waals surface area contributed by atoms with Gasteiger partial charge in [0, 0.05) is 12.1 Å². The molecule has 3 aromatic rings. The van der Waals surface area contributed by atoms with E-state index >= 15 is 0 Å². The predicted octanol–water partition coefficient (Wildman–Crippen LogP) is 5.58. The first kappa shape index (κ1) is 19.3. The molecule has 1 fully saturated rings. The number of ketones is 1. The highest BCUT2D eigenvalue weighted by Gasteiger charge is 2.52. The van der Waals surface area contributed by atoms with Gasteiger partial charge >= 0.3 is 0 Å². The Morgan fingerprint density at radius 2 is 1.63 bits per heavy atom. The first-order valence-corrected chi connectivity index (χ1v) is 11.1. The van der Waals surface area contributed by atoms with Crippen LogP contribution in [0.15, 0.2) is 78.9 Å². The van der Waals surface area contributed by atoms with E-state index in [2.05, 4.69) is 72.5 Å². The molecular formula is C28H29NO. The van der Waals surface area contributed by atoms with E-state index in [4.69, 9.17) is 0 Å². The third-order valence-corrected chi connectivity index (χ3v) is 7.20. The molecular weight excluding hydrogens is 366 g/mol. The van der Waals surface area contributed by atoms with Crippen molar-refractivity contribution in [3.05, 3.63) is 107 Å². The summed E-state index contributed by atoms with van der Waals surface area (Å²) in [5.41, 5.74) is 5.65. The summed E-state index contributed by atoms with van der Waals surface area (Å²) in [6, 6.07) is 27.6. The fourth-order valence-corrected chi connectivity index (χ4v) is 5.70. The normalized spacial score (nSPS) is 22.2. The van der Waals surface area contributed by atoms with Crippen LogP contribution < -0.4 is 0 Å². The molecule has 0 spiro atoms. The van der Waals surface area contributed by atoms with Gasteiger partial charge in [0.2, 0.25) is 0 Å². The third-order valence-electron chi connectivity index (χ3n) is 7.20. The molecule has 0 aromatic heterocycles. The maximum absolute atomic E-state index is 13.8. The van der Waals surface area contributed by atoms with Gasteiger partial charge in [-0.25, -0.2) is 0 Å². The third kappa shape index (κ3) is 3.30. The highest BCUT2D eigenvalue weighted by molar-refractivity contribution is 6.08. The number of carbonyl (C=O) groups is 1. The smallest absolute Gasteiger partial charge is 0.174 e. The Kier molecular flexibility index (Phi) is 5.04. The molecule has 1 heterocycles. The van der Waals surface area contributed by atoms with E-state index in [1.54, 1.807) is 0 Å². The van der Waals surface area contributed by atoms with Crippen LogP contribution in [0.5, 0.6) is 0 Å². The molecule has 1 aliphatic heterocycles. The highest BCUT2D eigenvalue weighted by Crippen LogP contribution is 2.48.